The second kappa shape index (κ2) is 9.92. The highest BCUT2D eigenvalue weighted by atomic mass is 32.1. The summed E-state index contributed by atoms with van der Waals surface area (Å²) >= 11 is 1.86. The van der Waals surface area contributed by atoms with Crippen LogP contribution in [0.25, 0.3) is 91.1 Å². The highest BCUT2D eigenvalue weighted by molar-refractivity contribution is 7.26. The average Bonchev–Trinajstić information content (AvgIpc) is 3.78. The Morgan fingerprint density at radius 2 is 1.09 bits per heavy atom. The Labute approximate surface area is 274 Å². The molecule has 10 rings (SSSR count). The molecule has 7 aromatic carbocycles. The molecular weight excluding hydrogens is 591 g/mol. The fourth-order valence-corrected chi connectivity index (χ4v) is 8.68. The Hall–Kier alpha value is -6.15. The summed E-state index contributed by atoms with van der Waals surface area (Å²) in [6.45, 7) is 7.75. The summed E-state index contributed by atoms with van der Waals surface area (Å²) in [5, 5.41) is 7.28. The third-order valence-electron chi connectivity index (χ3n) is 9.53. The largest absolute Gasteiger partial charge is 0.309 e. The first-order valence-electron chi connectivity index (χ1n) is 15.7. The van der Waals surface area contributed by atoms with Crippen molar-refractivity contribution in [1.82, 2.24) is 9.13 Å². The zero-order valence-corrected chi connectivity index (χ0v) is 26.0. The highest BCUT2D eigenvalue weighted by Crippen LogP contribution is 2.42. The van der Waals surface area contributed by atoms with Crippen LogP contribution in [0.3, 0.4) is 0 Å². The second-order valence-electron chi connectivity index (χ2n) is 12.1. The lowest BCUT2D eigenvalue weighted by Gasteiger charge is -2.11. The van der Waals surface area contributed by atoms with Crippen molar-refractivity contribution in [3.05, 3.63) is 163 Å². The third kappa shape index (κ3) is 3.78. The maximum atomic E-state index is 7.75. The lowest BCUT2D eigenvalue weighted by molar-refractivity contribution is 1.16. The minimum Gasteiger partial charge on any atom is -0.309 e. The first-order valence-corrected chi connectivity index (χ1v) is 16.5. The van der Waals surface area contributed by atoms with Crippen LogP contribution in [-0.4, -0.2) is 9.13 Å². The van der Waals surface area contributed by atoms with Gasteiger partial charge in [0.2, 0.25) is 0 Å². The van der Waals surface area contributed by atoms with Gasteiger partial charge in [-0.3, -0.25) is 0 Å². The van der Waals surface area contributed by atoms with Crippen LogP contribution >= 0.6 is 11.3 Å². The molecule has 0 amide bonds. The molecule has 0 N–H and O–H groups in total. The molecule has 0 atom stereocenters. The molecule has 218 valence electrons. The molecule has 0 fully saturated rings. The van der Waals surface area contributed by atoms with Gasteiger partial charge in [0, 0.05) is 47.7 Å². The van der Waals surface area contributed by atoms with Crippen molar-refractivity contribution in [2.75, 3.05) is 0 Å². The Morgan fingerprint density at radius 3 is 1.89 bits per heavy atom. The molecule has 3 nitrogen and oxygen atoms in total. The molecule has 0 aliphatic rings. The van der Waals surface area contributed by atoms with E-state index >= 15 is 0 Å². The van der Waals surface area contributed by atoms with Crippen molar-refractivity contribution >= 4 is 80.8 Å². The van der Waals surface area contributed by atoms with E-state index in [1.165, 1.54) is 47.6 Å². The van der Waals surface area contributed by atoms with Crippen LogP contribution in [0.5, 0.6) is 0 Å². The van der Waals surface area contributed by atoms with E-state index < -0.39 is 0 Å². The SMILES string of the molecule is [C-]#[N+]c1ccc2c(c1)c1cc3c4ccccc4n(-c4ccccc4)c3cc1n2-c1ccc(-c2cccc3c2sc2ccccc23)cc1. The normalized spacial score (nSPS) is 11.8. The summed E-state index contributed by atoms with van der Waals surface area (Å²) in [4.78, 5) is 3.79. The molecule has 0 saturated carbocycles. The molecule has 0 saturated heterocycles. The number of fused-ring (bicyclic) bond motifs is 9. The molecule has 0 bridgehead atoms. The molecule has 0 aliphatic carbocycles. The number of rotatable bonds is 3. The Balaban J connectivity index is 1.23. The molecule has 4 heteroatoms. The van der Waals surface area contributed by atoms with Gasteiger partial charge in [-0.15, -0.1) is 11.3 Å². The number of aromatic nitrogens is 2. The molecule has 3 aromatic heterocycles. The van der Waals surface area contributed by atoms with Gasteiger partial charge in [0.1, 0.15) is 0 Å². The fraction of sp³-hybridized carbons (Fsp3) is 0. The zero-order valence-electron chi connectivity index (χ0n) is 25.2. The summed E-state index contributed by atoms with van der Waals surface area (Å²) < 4.78 is 7.36. The predicted molar refractivity (Wildman–Crippen MR) is 200 cm³/mol. The van der Waals surface area contributed by atoms with E-state index in [4.69, 9.17) is 6.57 Å². The topological polar surface area (TPSA) is 14.2 Å². The van der Waals surface area contributed by atoms with Gasteiger partial charge in [-0.1, -0.05) is 91.0 Å². The van der Waals surface area contributed by atoms with Crippen molar-refractivity contribution in [1.29, 1.82) is 0 Å². The van der Waals surface area contributed by atoms with E-state index in [1.54, 1.807) is 0 Å². The van der Waals surface area contributed by atoms with E-state index in [2.05, 4.69) is 154 Å². The van der Waals surface area contributed by atoms with Crippen LogP contribution in [0.2, 0.25) is 0 Å². The summed E-state index contributed by atoms with van der Waals surface area (Å²) in [5.74, 6) is 0. The van der Waals surface area contributed by atoms with Crippen LogP contribution in [-0.2, 0) is 0 Å². The Kier molecular flexibility index (Phi) is 5.51. The van der Waals surface area contributed by atoms with Crippen molar-refractivity contribution in [2.45, 2.75) is 0 Å². The number of hydrogen-bond acceptors (Lipinski definition) is 1. The molecule has 10 aromatic rings. The van der Waals surface area contributed by atoms with Crippen molar-refractivity contribution in [3.63, 3.8) is 0 Å². The molecule has 0 spiro atoms. The molecule has 0 aliphatic heterocycles. The lowest BCUT2D eigenvalue weighted by atomic mass is 10.0. The lowest BCUT2D eigenvalue weighted by Crippen LogP contribution is -1.95. The number of thiophene rings is 1. The number of para-hydroxylation sites is 2. The summed E-state index contributed by atoms with van der Waals surface area (Å²) in [5.41, 5.74) is 9.89. The van der Waals surface area contributed by atoms with E-state index in [0.717, 1.165) is 38.7 Å². The smallest absolute Gasteiger partial charge is 0.188 e. The molecule has 0 unspecified atom stereocenters. The van der Waals surface area contributed by atoms with Gasteiger partial charge in [-0.05, 0) is 77.2 Å². The monoisotopic (exact) mass is 615 g/mol. The first kappa shape index (κ1) is 26.1. The summed E-state index contributed by atoms with van der Waals surface area (Å²) in [7, 11) is 0. The van der Waals surface area contributed by atoms with E-state index in [0.29, 0.717) is 5.69 Å². The number of nitrogens with zero attached hydrogens (tertiary/aromatic N) is 3. The van der Waals surface area contributed by atoms with Gasteiger partial charge in [0.15, 0.2) is 5.69 Å². The standard InChI is InChI=1S/C43H25N3S/c1-44-28-20-23-39-35(24-28)37-25-36-32-12-5-7-16-38(32)45(29-10-3-2-4-11-29)40(36)26-41(37)46(39)30-21-18-27(19-22-30)31-14-9-15-34-33-13-6-8-17-42(33)47-43(31)34/h2-26H. The highest BCUT2D eigenvalue weighted by Gasteiger charge is 2.19. The van der Waals surface area contributed by atoms with Gasteiger partial charge in [-0.25, -0.2) is 4.85 Å². The number of hydrogen-bond donors (Lipinski definition) is 0. The van der Waals surface area contributed by atoms with Crippen molar-refractivity contribution in [3.8, 4) is 22.5 Å². The van der Waals surface area contributed by atoms with Crippen LogP contribution in [0, 0.1) is 6.57 Å². The van der Waals surface area contributed by atoms with Crippen molar-refractivity contribution in [2.24, 2.45) is 0 Å². The zero-order chi connectivity index (χ0) is 31.1. The van der Waals surface area contributed by atoms with Crippen LogP contribution in [0.1, 0.15) is 0 Å². The van der Waals surface area contributed by atoms with Gasteiger partial charge in [0.25, 0.3) is 0 Å². The third-order valence-corrected chi connectivity index (χ3v) is 10.7. The minimum atomic E-state index is 0.648. The van der Waals surface area contributed by atoms with Gasteiger partial charge < -0.3 is 9.13 Å². The van der Waals surface area contributed by atoms with Crippen LogP contribution in [0.15, 0.2) is 152 Å². The van der Waals surface area contributed by atoms with E-state index in [9.17, 15) is 0 Å². The summed E-state index contributed by atoms with van der Waals surface area (Å²) in [6.07, 6.45) is 0. The van der Waals surface area contributed by atoms with Gasteiger partial charge >= 0.3 is 0 Å². The first-order chi connectivity index (χ1) is 23.3. The van der Waals surface area contributed by atoms with E-state index in [1.807, 2.05) is 23.5 Å². The molecular formula is C43H25N3S. The molecule has 3 heterocycles. The minimum absolute atomic E-state index is 0.648. The van der Waals surface area contributed by atoms with Crippen LogP contribution < -0.4 is 0 Å². The van der Waals surface area contributed by atoms with Gasteiger partial charge in [-0.2, -0.15) is 0 Å². The molecule has 0 radical (unpaired) electrons. The molecule has 47 heavy (non-hydrogen) atoms. The Morgan fingerprint density at radius 1 is 0.447 bits per heavy atom. The van der Waals surface area contributed by atoms with Gasteiger partial charge in [0.05, 0.1) is 28.6 Å². The van der Waals surface area contributed by atoms with Crippen LogP contribution in [0.4, 0.5) is 5.69 Å². The summed E-state index contributed by atoms with van der Waals surface area (Å²) in [6, 6.07) is 54.2. The Bertz CT molecular complexity index is 2900. The van der Waals surface area contributed by atoms with Crippen molar-refractivity contribution < 1.29 is 0 Å². The maximum absolute atomic E-state index is 7.75. The quantitative estimate of drug-likeness (QED) is 0.176. The number of benzene rings is 7. The second-order valence-corrected chi connectivity index (χ2v) is 13.1. The average molecular weight is 616 g/mol. The van der Waals surface area contributed by atoms with E-state index in [-0.39, 0.29) is 0 Å². The fourth-order valence-electron chi connectivity index (χ4n) is 7.44. The maximum Gasteiger partial charge on any atom is 0.188 e. The predicted octanol–water partition coefficient (Wildman–Crippen LogP) is 12.5.